The van der Waals surface area contributed by atoms with Crippen LogP contribution in [0.4, 0.5) is 13.2 Å². The number of halogens is 4. The molecule has 2 rings (SSSR count). The highest BCUT2D eigenvalue weighted by Gasteiger charge is 2.28. The largest absolute Gasteiger partial charge is 0.484 e. The van der Waals surface area contributed by atoms with E-state index < -0.39 is 12.8 Å². The van der Waals surface area contributed by atoms with Crippen molar-refractivity contribution in [2.75, 3.05) is 19.7 Å². The van der Waals surface area contributed by atoms with Gasteiger partial charge in [0.05, 0.1) is 0 Å². The van der Waals surface area contributed by atoms with E-state index in [1.54, 1.807) is 12.1 Å². The average Bonchev–Trinajstić information content (AvgIpc) is 2.37. The Morgan fingerprint density at radius 3 is 2.21 bits per heavy atom. The van der Waals surface area contributed by atoms with Crippen LogP contribution in [-0.2, 0) is 0 Å². The molecular weight excluding hydrogens is 279 g/mol. The molecular formula is C13H17ClF3NO. The standard InChI is InChI=1S/C13H16F3NO.ClH/c14-13(15,16)9-18-12-3-1-10(2-4-12)11-5-7-17-8-6-11;/h1-4,11,17H,5-9H2;1H. The van der Waals surface area contributed by atoms with Gasteiger partial charge < -0.3 is 10.1 Å². The SMILES string of the molecule is Cl.FC(F)(F)COc1ccc(C2CCNCC2)cc1. The average molecular weight is 296 g/mol. The summed E-state index contributed by atoms with van der Waals surface area (Å²) >= 11 is 0. The zero-order chi connectivity index (χ0) is 13.0. The first kappa shape index (κ1) is 16.1. The first-order valence-corrected chi connectivity index (χ1v) is 6.05. The van der Waals surface area contributed by atoms with Crippen LogP contribution in [0.2, 0.25) is 0 Å². The molecule has 1 aromatic carbocycles. The van der Waals surface area contributed by atoms with Gasteiger partial charge in [0.25, 0.3) is 0 Å². The number of alkyl halides is 3. The van der Waals surface area contributed by atoms with Gasteiger partial charge in [-0.1, -0.05) is 12.1 Å². The van der Waals surface area contributed by atoms with E-state index in [-0.39, 0.29) is 18.2 Å². The Kier molecular flexibility index (Phi) is 5.94. The summed E-state index contributed by atoms with van der Waals surface area (Å²) < 4.78 is 40.6. The Hall–Kier alpha value is -0.940. The van der Waals surface area contributed by atoms with Crippen LogP contribution in [0.15, 0.2) is 24.3 Å². The molecule has 0 amide bonds. The molecule has 1 heterocycles. The Morgan fingerprint density at radius 2 is 1.68 bits per heavy atom. The monoisotopic (exact) mass is 295 g/mol. The maximum absolute atomic E-state index is 12.0. The fourth-order valence-corrected chi connectivity index (χ4v) is 2.16. The van der Waals surface area contributed by atoms with Gasteiger partial charge >= 0.3 is 6.18 Å². The number of nitrogens with one attached hydrogen (secondary N) is 1. The predicted molar refractivity (Wildman–Crippen MR) is 70.1 cm³/mol. The third-order valence-electron chi connectivity index (χ3n) is 3.09. The minimum atomic E-state index is -4.28. The molecule has 6 heteroatoms. The number of benzene rings is 1. The van der Waals surface area contributed by atoms with Crippen LogP contribution in [-0.4, -0.2) is 25.9 Å². The van der Waals surface area contributed by atoms with Gasteiger partial charge in [0.15, 0.2) is 6.61 Å². The topological polar surface area (TPSA) is 21.3 Å². The lowest BCUT2D eigenvalue weighted by Gasteiger charge is -2.23. The molecule has 0 aliphatic carbocycles. The summed E-state index contributed by atoms with van der Waals surface area (Å²) in [5, 5.41) is 3.28. The number of ether oxygens (including phenoxy) is 1. The summed E-state index contributed by atoms with van der Waals surface area (Å²) in [6.07, 6.45) is -2.14. The van der Waals surface area contributed by atoms with Crippen LogP contribution in [0.25, 0.3) is 0 Å². The van der Waals surface area contributed by atoms with E-state index in [0.29, 0.717) is 5.92 Å². The zero-order valence-corrected chi connectivity index (χ0v) is 11.2. The Bertz CT molecular complexity index is 374. The van der Waals surface area contributed by atoms with Gasteiger partial charge in [0.1, 0.15) is 5.75 Å². The van der Waals surface area contributed by atoms with Crippen molar-refractivity contribution in [3.8, 4) is 5.75 Å². The van der Waals surface area contributed by atoms with Crippen molar-refractivity contribution in [2.45, 2.75) is 24.9 Å². The Balaban J connectivity index is 0.00000180. The van der Waals surface area contributed by atoms with Crippen molar-refractivity contribution < 1.29 is 17.9 Å². The van der Waals surface area contributed by atoms with E-state index in [2.05, 4.69) is 10.1 Å². The second-order valence-corrected chi connectivity index (χ2v) is 4.50. The minimum absolute atomic E-state index is 0. The second-order valence-electron chi connectivity index (χ2n) is 4.50. The van der Waals surface area contributed by atoms with Crippen molar-refractivity contribution in [2.24, 2.45) is 0 Å². The molecule has 0 spiro atoms. The highest BCUT2D eigenvalue weighted by Crippen LogP contribution is 2.27. The summed E-state index contributed by atoms with van der Waals surface area (Å²) in [5.41, 5.74) is 1.18. The molecule has 1 aromatic rings. The van der Waals surface area contributed by atoms with Gasteiger partial charge in [-0.2, -0.15) is 13.2 Å². The van der Waals surface area contributed by atoms with Crippen LogP contribution < -0.4 is 10.1 Å². The number of piperidine rings is 1. The molecule has 0 saturated carbocycles. The number of hydrogen-bond donors (Lipinski definition) is 1. The Labute approximate surface area is 116 Å². The smallest absolute Gasteiger partial charge is 0.422 e. The van der Waals surface area contributed by atoms with Crippen molar-refractivity contribution in [3.63, 3.8) is 0 Å². The van der Waals surface area contributed by atoms with Crippen molar-refractivity contribution in [1.29, 1.82) is 0 Å². The lowest BCUT2D eigenvalue weighted by atomic mass is 9.90. The van der Waals surface area contributed by atoms with E-state index in [0.717, 1.165) is 25.9 Å². The summed E-state index contributed by atoms with van der Waals surface area (Å²) in [4.78, 5) is 0. The van der Waals surface area contributed by atoms with Crippen molar-refractivity contribution in [3.05, 3.63) is 29.8 Å². The molecule has 0 radical (unpaired) electrons. The molecule has 19 heavy (non-hydrogen) atoms. The molecule has 0 bridgehead atoms. The summed E-state index contributed by atoms with van der Waals surface area (Å²) in [5.74, 6) is 0.771. The first-order chi connectivity index (χ1) is 8.54. The molecule has 2 nitrogen and oxygen atoms in total. The van der Waals surface area contributed by atoms with Crippen molar-refractivity contribution >= 4 is 12.4 Å². The third kappa shape index (κ3) is 5.28. The van der Waals surface area contributed by atoms with E-state index in [4.69, 9.17) is 0 Å². The third-order valence-corrected chi connectivity index (χ3v) is 3.09. The molecule has 0 unspecified atom stereocenters. The molecule has 1 aliphatic heterocycles. The second kappa shape index (κ2) is 7.01. The van der Waals surface area contributed by atoms with Crippen LogP contribution >= 0.6 is 12.4 Å². The summed E-state index contributed by atoms with van der Waals surface area (Å²) in [6, 6.07) is 6.95. The maximum Gasteiger partial charge on any atom is 0.422 e. The van der Waals surface area contributed by atoms with E-state index in [1.165, 1.54) is 5.56 Å². The highest BCUT2D eigenvalue weighted by atomic mass is 35.5. The molecule has 1 fully saturated rings. The van der Waals surface area contributed by atoms with Crippen LogP contribution in [0, 0.1) is 0 Å². The molecule has 0 aromatic heterocycles. The van der Waals surface area contributed by atoms with Gasteiger partial charge in [-0.3, -0.25) is 0 Å². The first-order valence-electron chi connectivity index (χ1n) is 6.05. The predicted octanol–water partition coefficient (Wildman–Crippen LogP) is 3.52. The molecule has 1 N–H and O–H groups in total. The van der Waals surface area contributed by atoms with E-state index >= 15 is 0 Å². The quantitative estimate of drug-likeness (QED) is 0.921. The minimum Gasteiger partial charge on any atom is -0.484 e. The number of hydrogen-bond acceptors (Lipinski definition) is 2. The van der Waals surface area contributed by atoms with E-state index in [1.807, 2.05) is 12.1 Å². The van der Waals surface area contributed by atoms with Gasteiger partial charge in [-0.15, -0.1) is 12.4 Å². The molecule has 108 valence electrons. The summed E-state index contributed by atoms with van der Waals surface area (Å²) in [7, 11) is 0. The summed E-state index contributed by atoms with van der Waals surface area (Å²) in [6.45, 7) is 0.758. The molecule has 1 saturated heterocycles. The highest BCUT2D eigenvalue weighted by molar-refractivity contribution is 5.85. The van der Waals surface area contributed by atoms with Crippen molar-refractivity contribution in [1.82, 2.24) is 5.32 Å². The van der Waals surface area contributed by atoms with Gasteiger partial charge in [0.2, 0.25) is 0 Å². The lowest BCUT2D eigenvalue weighted by Crippen LogP contribution is -2.26. The maximum atomic E-state index is 12.0. The van der Waals surface area contributed by atoms with Crippen LogP contribution in [0.5, 0.6) is 5.75 Å². The zero-order valence-electron chi connectivity index (χ0n) is 10.4. The lowest BCUT2D eigenvalue weighted by molar-refractivity contribution is -0.153. The normalized spacial score (nSPS) is 16.8. The van der Waals surface area contributed by atoms with Crippen LogP contribution in [0.3, 0.4) is 0 Å². The molecule has 0 atom stereocenters. The van der Waals surface area contributed by atoms with Gasteiger partial charge in [0, 0.05) is 0 Å². The molecule has 1 aliphatic rings. The fourth-order valence-electron chi connectivity index (χ4n) is 2.16. The van der Waals surface area contributed by atoms with Crippen LogP contribution in [0.1, 0.15) is 24.3 Å². The Morgan fingerprint density at radius 1 is 1.11 bits per heavy atom. The van der Waals surface area contributed by atoms with E-state index in [9.17, 15) is 13.2 Å². The van der Waals surface area contributed by atoms with Gasteiger partial charge in [-0.25, -0.2) is 0 Å². The fraction of sp³-hybridized carbons (Fsp3) is 0.538. The number of rotatable bonds is 3. The van der Waals surface area contributed by atoms with Gasteiger partial charge in [-0.05, 0) is 49.5 Å².